The summed E-state index contributed by atoms with van der Waals surface area (Å²) >= 11 is 0. The summed E-state index contributed by atoms with van der Waals surface area (Å²) in [7, 11) is 0. The van der Waals surface area contributed by atoms with Gasteiger partial charge < -0.3 is 10.5 Å². The van der Waals surface area contributed by atoms with Gasteiger partial charge in [0.25, 0.3) is 0 Å². The normalized spacial score (nSPS) is 10.4. The van der Waals surface area contributed by atoms with Gasteiger partial charge in [-0.1, -0.05) is 6.92 Å². The minimum atomic E-state index is 0.375. The maximum Gasteiger partial charge on any atom is 0.237 e. The van der Waals surface area contributed by atoms with Crippen molar-refractivity contribution in [1.82, 2.24) is 15.0 Å². The highest BCUT2D eigenvalue weighted by Gasteiger charge is 2.06. The van der Waals surface area contributed by atoms with Crippen LogP contribution in [0.15, 0.2) is 24.5 Å². The Hall–Kier alpha value is -2.01. The SMILES string of the molecule is CCc1nc(C)ccc1Oc1cnc(CN)cn1. The van der Waals surface area contributed by atoms with Crippen molar-refractivity contribution in [3.63, 3.8) is 0 Å². The summed E-state index contributed by atoms with van der Waals surface area (Å²) in [6.45, 7) is 4.37. The third-order valence-electron chi connectivity index (χ3n) is 2.51. The summed E-state index contributed by atoms with van der Waals surface area (Å²) in [6, 6.07) is 3.82. The van der Waals surface area contributed by atoms with Gasteiger partial charge in [0.15, 0.2) is 5.75 Å². The molecule has 0 spiro atoms. The van der Waals surface area contributed by atoms with Gasteiger partial charge in [-0.2, -0.15) is 0 Å². The van der Waals surface area contributed by atoms with Crippen LogP contribution in [0.3, 0.4) is 0 Å². The summed E-state index contributed by atoms with van der Waals surface area (Å²) < 4.78 is 5.68. The summed E-state index contributed by atoms with van der Waals surface area (Å²) in [5.74, 6) is 1.17. The molecule has 94 valence electrons. The van der Waals surface area contributed by atoms with E-state index in [1.54, 1.807) is 12.4 Å². The number of aromatic nitrogens is 3. The molecule has 0 bridgehead atoms. The van der Waals surface area contributed by atoms with Gasteiger partial charge in [-0.25, -0.2) is 4.98 Å². The van der Waals surface area contributed by atoms with Gasteiger partial charge in [0, 0.05) is 12.2 Å². The minimum Gasteiger partial charge on any atom is -0.436 e. The molecule has 0 radical (unpaired) electrons. The van der Waals surface area contributed by atoms with E-state index >= 15 is 0 Å². The van der Waals surface area contributed by atoms with Crippen molar-refractivity contribution >= 4 is 0 Å². The zero-order valence-corrected chi connectivity index (χ0v) is 10.6. The highest BCUT2D eigenvalue weighted by molar-refractivity contribution is 5.32. The van der Waals surface area contributed by atoms with Crippen molar-refractivity contribution in [2.75, 3.05) is 0 Å². The largest absolute Gasteiger partial charge is 0.436 e. The van der Waals surface area contributed by atoms with E-state index in [-0.39, 0.29) is 0 Å². The van der Waals surface area contributed by atoms with Gasteiger partial charge >= 0.3 is 0 Å². The van der Waals surface area contributed by atoms with Gasteiger partial charge in [0.2, 0.25) is 5.88 Å². The molecule has 2 aromatic rings. The van der Waals surface area contributed by atoms with Crippen LogP contribution in [0.1, 0.15) is 24.0 Å². The highest BCUT2D eigenvalue weighted by atomic mass is 16.5. The van der Waals surface area contributed by atoms with Crippen LogP contribution in [0.4, 0.5) is 0 Å². The molecule has 0 aromatic carbocycles. The number of aryl methyl sites for hydroxylation is 2. The van der Waals surface area contributed by atoms with E-state index in [0.717, 1.165) is 29.3 Å². The van der Waals surface area contributed by atoms with Crippen LogP contribution in [0, 0.1) is 6.92 Å². The van der Waals surface area contributed by atoms with Crippen molar-refractivity contribution in [3.05, 3.63) is 41.6 Å². The standard InChI is InChI=1S/C13H16N4O/c1-3-11-12(5-4-9(2)17-11)18-13-8-15-10(6-14)7-16-13/h4-5,7-8H,3,6,14H2,1-2H3. The zero-order chi connectivity index (χ0) is 13.0. The Morgan fingerprint density at radius 3 is 2.67 bits per heavy atom. The van der Waals surface area contributed by atoms with E-state index in [1.807, 2.05) is 26.0 Å². The van der Waals surface area contributed by atoms with Crippen LogP contribution in [-0.2, 0) is 13.0 Å². The zero-order valence-electron chi connectivity index (χ0n) is 10.6. The van der Waals surface area contributed by atoms with E-state index in [0.29, 0.717) is 12.4 Å². The molecule has 2 rings (SSSR count). The molecule has 0 aliphatic heterocycles. The first-order valence-corrected chi connectivity index (χ1v) is 5.88. The van der Waals surface area contributed by atoms with E-state index < -0.39 is 0 Å². The molecule has 0 fully saturated rings. The predicted molar refractivity (Wildman–Crippen MR) is 68.3 cm³/mol. The number of hydrogen-bond donors (Lipinski definition) is 1. The molecule has 0 saturated carbocycles. The van der Waals surface area contributed by atoms with Crippen molar-refractivity contribution in [2.45, 2.75) is 26.8 Å². The van der Waals surface area contributed by atoms with Crippen LogP contribution in [0.2, 0.25) is 0 Å². The molecule has 2 aromatic heterocycles. The molecule has 0 aliphatic carbocycles. The number of rotatable bonds is 4. The first kappa shape index (κ1) is 12.4. The molecular weight excluding hydrogens is 228 g/mol. The average Bonchev–Trinajstić information content (AvgIpc) is 2.41. The van der Waals surface area contributed by atoms with E-state index in [1.165, 1.54) is 0 Å². The maximum absolute atomic E-state index is 5.68. The van der Waals surface area contributed by atoms with Crippen LogP contribution < -0.4 is 10.5 Å². The Bertz CT molecular complexity index is 525. The quantitative estimate of drug-likeness (QED) is 0.890. The summed E-state index contributed by atoms with van der Waals surface area (Å²) in [5, 5.41) is 0. The fourth-order valence-corrected chi connectivity index (χ4v) is 1.56. The average molecular weight is 244 g/mol. The monoisotopic (exact) mass is 244 g/mol. The van der Waals surface area contributed by atoms with Crippen molar-refractivity contribution in [2.24, 2.45) is 5.73 Å². The lowest BCUT2D eigenvalue weighted by molar-refractivity contribution is 0.450. The Morgan fingerprint density at radius 2 is 2.06 bits per heavy atom. The Kier molecular flexibility index (Phi) is 3.84. The van der Waals surface area contributed by atoms with Crippen LogP contribution in [-0.4, -0.2) is 15.0 Å². The molecule has 2 N–H and O–H groups in total. The van der Waals surface area contributed by atoms with Gasteiger partial charge in [-0.15, -0.1) is 0 Å². The van der Waals surface area contributed by atoms with Crippen LogP contribution in [0.25, 0.3) is 0 Å². The summed E-state index contributed by atoms with van der Waals surface area (Å²) in [6.07, 6.45) is 4.00. The van der Waals surface area contributed by atoms with Crippen molar-refractivity contribution in [1.29, 1.82) is 0 Å². The Labute approximate surface area is 106 Å². The van der Waals surface area contributed by atoms with Gasteiger partial charge in [0.1, 0.15) is 0 Å². The smallest absolute Gasteiger partial charge is 0.237 e. The van der Waals surface area contributed by atoms with Gasteiger partial charge in [-0.05, 0) is 25.5 Å². The number of hydrogen-bond acceptors (Lipinski definition) is 5. The lowest BCUT2D eigenvalue weighted by Crippen LogP contribution is -2.01. The van der Waals surface area contributed by atoms with Crippen LogP contribution in [0.5, 0.6) is 11.6 Å². The first-order valence-electron chi connectivity index (χ1n) is 5.88. The summed E-state index contributed by atoms with van der Waals surface area (Å²) in [5.41, 5.74) is 8.09. The number of nitrogens with zero attached hydrogens (tertiary/aromatic N) is 3. The van der Waals surface area contributed by atoms with Gasteiger partial charge in [0.05, 0.1) is 23.8 Å². The molecule has 18 heavy (non-hydrogen) atoms. The molecular formula is C13H16N4O. The Balaban J connectivity index is 2.22. The van der Waals surface area contributed by atoms with E-state index in [2.05, 4.69) is 15.0 Å². The second kappa shape index (κ2) is 5.55. The van der Waals surface area contributed by atoms with E-state index in [9.17, 15) is 0 Å². The lowest BCUT2D eigenvalue weighted by Gasteiger charge is -2.09. The second-order valence-corrected chi connectivity index (χ2v) is 3.90. The van der Waals surface area contributed by atoms with Crippen molar-refractivity contribution < 1.29 is 4.74 Å². The minimum absolute atomic E-state index is 0.375. The molecule has 2 heterocycles. The lowest BCUT2D eigenvalue weighted by atomic mass is 10.2. The first-order chi connectivity index (χ1) is 8.72. The third-order valence-corrected chi connectivity index (χ3v) is 2.51. The topological polar surface area (TPSA) is 73.9 Å². The third kappa shape index (κ3) is 2.81. The number of pyridine rings is 1. The number of nitrogens with two attached hydrogens (primary N) is 1. The highest BCUT2D eigenvalue weighted by Crippen LogP contribution is 2.22. The fourth-order valence-electron chi connectivity index (χ4n) is 1.56. The summed E-state index contributed by atoms with van der Waals surface area (Å²) in [4.78, 5) is 12.7. The number of ether oxygens (including phenoxy) is 1. The molecule has 5 heteroatoms. The molecule has 5 nitrogen and oxygen atoms in total. The van der Waals surface area contributed by atoms with Gasteiger partial charge in [-0.3, -0.25) is 9.97 Å². The fraction of sp³-hybridized carbons (Fsp3) is 0.308. The molecule has 0 amide bonds. The molecule has 0 aliphatic rings. The second-order valence-electron chi connectivity index (χ2n) is 3.90. The van der Waals surface area contributed by atoms with Crippen molar-refractivity contribution in [3.8, 4) is 11.6 Å². The van der Waals surface area contributed by atoms with E-state index in [4.69, 9.17) is 10.5 Å². The maximum atomic E-state index is 5.68. The predicted octanol–water partition coefficient (Wildman–Crippen LogP) is 1.99. The molecule has 0 atom stereocenters. The molecule has 0 saturated heterocycles. The van der Waals surface area contributed by atoms with Crippen LogP contribution >= 0.6 is 0 Å². The Morgan fingerprint density at radius 1 is 1.22 bits per heavy atom. The molecule has 0 unspecified atom stereocenters.